The minimum absolute atomic E-state index is 0.139. The summed E-state index contributed by atoms with van der Waals surface area (Å²) >= 11 is 0. The lowest BCUT2D eigenvalue weighted by Crippen LogP contribution is -2.38. The van der Waals surface area contributed by atoms with Crippen LogP contribution in [0.15, 0.2) is 48.5 Å². The Morgan fingerprint density at radius 3 is 2.79 bits per heavy atom. The molecule has 122 valence electrons. The molecule has 4 rings (SSSR count). The van der Waals surface area contributed by atoms with Gasteiger partial charge in [0, 0.05) is 18.7 Å². The van der Waals surface area contributed by atoms with Crippen LogP contribution in [0.1, 0.15) is 24.7 Å². The Morgan fingerprint density at radius 2 is 1.92 bits per heavy atom. The third-order valence-corrected chi connectivity index (χ3v) is 4.75. The zero-order valence-electron chi connectivity index (χ0n) is 13.9. The Hall–Kier alpha value is -2.62. The maximum atomic E-state index is 13.0. The molecule has 0 atom stereocenters. The monoisotopic (exact) mass is 319 g/mol. The topological polar surface area (TPSA) is 38.1 Å². The van der Waals surface area contributed by atoms with E-state index in [9.17, 15) is 4.79 Å². The van der Waals surface area contributed by atoms with Crippen LogP contribution in [0.25, 0.3) is 11.0 Å². The van der Waals surface area contributed by atoms with Gasteiger partial charge in [0.2, 0.25) is 5.91 Å². The van der Waals surface area contributed by atoms with Gasteiger partial charge in [-0.2, -0.15) is 0 Å². The molecule has 0 radical (unpaired) electrons. The second-order valence-corrected chi connectivity index (χ2v) is 6.23. The van der Waals surface area contributed by atoms with Crippen molar-refractivity contribution in [3.05, 3.63) is 59.9 Å². The van der Waals surface area contributed by atoms with E-state index in [-0.39, 0.29) is 5.91 Å². The van der Waals surface area contributed by atoms with Gasteiger partial charge in [-0.15, -0.1) is 0 Å². The number of imidazole rings is 1. The van der Waals surface area contributed by atoms with Gasteiger partial charge >= 0.3 is 0 Å². The fourth-order valence-electron chi connectivity index (χ4n) is 3.59. The van der Waals surface area contributed by atoms with Crippen molar-refractivity contribution in [2.24, 2.45) is 0 Å². The molecule has 1 aliphatic heterocycles. The minimum atomic E-state index is 0.139. The molecular formula is C20H21N3O. The molecule has 0 bridgehead atoms. The van der Waals surface area contributed by atoms with Gasteiger partial charge in [-0.25, -0.2) is 4.98 Å². The summed E-state index contributed by atoms with van der Waals surface area (Å²) in [6, 6.07) is 16.3. The summed E-state index contributed by atoms with van der Waals surface area (Å²) in [7, 11) is 0. The Bertz CT molecular complexity index is 897. The van der Waals surface area contributed by atoms with Gasteiger partial charge in [0.15, 0.2) is 0 Å². The van der Waals surface area contributed by atoms with Crippen molar-refractivity contribution >= 4 is 22.6 Å². The number of para-hydroxylation sites is 3. The lowest BCUT2D eigenvalue weighted by Gasteiger charge is -2.29. The number of fused-ring (bicyclic) bond motifs is 2. The smallest absolute Gasteiger partial charge is 0.246 e. The van der Waals surface area contributed by atoms with E-state index in [0.29, 0.717) is 6.54 Å². The first kappa shape index (κ1) is 14.9. The second kappa shape index (κ2) is 6.11. The van der Waals surface area contributed by atoms with Gasteiger partial charge in [-0.3, -0.25) is 4.79 Å². The number of hydrogen-bond acceptors (Lipinski definition) is 2. The first-order valence-electron chi connectivity index (χ1n) is 8.60. The highest BCUT2D eigenvalue weighted by Gasteiger charge is 2.23. The molecule has 4 nitrogen and oxygen atoms in total. The second-order valence-electron chi connectivity index (χ2n) is 6.23. The number of rotatable bonds is 3. The Kier molecular flexibility index (Phi) is 3.81. The average Bonchev–Trinajstić information content (AvgIpc) is 2.99. The molecule has 24 heavy (non-hydrogen) atoms. The summed E-state index contributed by atoms with van der Waals surface area (Å²) in [5, 5.41) is 0. The molecule has 1 aromatic heterocycles. The highest BCUT2D eigenvalue weighted by atomic mass is 16.2. The quantitative estimate of drug-likeness (QED) is 0.740. The van der Waals surface area contributed by atoms with Crippen molar-refractivity contribution in [2.75, 3.05) is 11.4 Å². The van der Waals surface area contributed by atoms with Crippen LogP contribution in [0, 0.1) is 0 Å². The Morgan fingerprint density at radius 1 is 1.12 bits per heavy atom. The van der Waals surface area contributed by atoms with Crippen molar-refractivity contribution in [1.82, 2.24) is 9.55 Å². The number of carbonyl (C=O) groups is 1. The van der Waals surface area contributed by atoms with Crippen LogP contribution < -0.4 is 4.90 Å². The van der Waals surface area contributed by atoms with Gasteiger partial charge in [0.25, 0.3) is 0 Å². The van der Waals surface area contributed by atoms with Crippen LogP contribution >= 0.6 is 0 Å². The number of anilines is 1. The van der Waals surface area contributed by atoms with Gasteiger partial charge in [-0.1, -0.05) is 37.3 Å². The fraction of sp³-hybridized carbons (Fsp3) is 0.300. The molecule has 0 fully saturated rings. The zero-order chi connectivity index (χ0) is 16.5. The summed E-state index contributed by atoms with van der Waals surface area (Å²) in [5.74, 6) is 1.11. The van der Waals surface area contributed by atoms with Gasteiger partial charge in [0.05, 0.1) is 11.0 Å². The molecule has 0 N–H and O–H groups in total. The number of hydrogen-bond donors (Lipinski definition) is 0. The van der Waals surface area contributed by atoms with E-state index in [1.54, 1.807) is 0 Å². The first-order chi connectivity index (χ1) is 11.8. The third-order valence-electron chi connectivity index (χ3n) is 4.75. The molecule has 0 unspecified atom stereocenters. The lowest BCUT2D eigenvalue weighted by atomic mass is 10.0. The molecule has 2 aromatic carbocycles. The van der Waals surface area contributed by atoms with Crippen LogP contribution in [0.3, 0.4) is 0 Å². The van der Waals surface area contributed by atoms with Crippen molar-refractivity contribution in [3.63, 3.8) is 0 Å². The minimum Gasteiger partial charge on any atom is -0.318 e. The summed E-state index contributed by atoms with van der Waals surface area (Å²) in [6.07, 6.45) is 2.89. The molecular weight excluding hydrogens is 298 g/mol. The van der Waals surface area contributed by atoms with Crippen LogP contribution in [0.2, 0.25) is 0 Å². The van der Waals surface area contributed by atoms with E-state index in [2.05, 4.69) is 28.6 Å². The fourth-order valence-corrected chi connectivity index (χ4v) is 3.59. The third kappa shape index (κ3) is 2.48. The molecule has 0 spiro atoms. The Balaban J connectivity index is 1.68. The normalized spacial score (nSPS) is 14.0. The van der Waals surface area contributed by atoms with Crippen molar-refractivity contribution in [1.29, 1.82) is 0 Å². The molecule has 0 aliphatic carbocycles. The van der Waals surface area contributed by atoms with E-state index in [1.807, 2.05) is 41.3 Å². The number of amides is 1. The lowest BCUT2D eigenvalue weighted by molar-refractivity contribution is -0.119. The van der Waals surface area contributed by atoms with E-state index in [1.165, 1.54) is 5.56 Å². The van der Waals surface area contributed by atoms with E-state index in [4.69, 9.17) is 0 Å². The summed E-state index contributed by atoms with van der Waals surface area (Å²) in [6.45, 7) is 3.22. The van der Waals surface area contributed by atoms with Crippen LogP contribution in [0.5, 0.6) is 0 Å². The molecule has 3 aromatic rings. The predicted molar refractivity (Wildman–Crippen MR) is 96.2 cm³/mol. The van der Waals surface area contributed by atoms with E-state index >= 15 is 0 Å². The van der Waals surface area contributed by atoms with E-state index in [0.717, 1.165) is 48.4 Å². The highest BCUT2D eigenvalue weighted by molar-refractivity contribution is 5.95. The summed E-state index contributed by atoms with van der Waals surface area (Å²) in [4.78, 5) is 19.6. The molecule has 0 saturated carbocycles. The maximum Gasteiger partial charge on any atom is 0.246 e. The summed E-state index contributed by atoms with van der Waals surface area (Å²) in [5.41, 5.74) is 4.33. The largest absolute Gasteiger partial charge is 0.318 e. The first-order valence-corrected chi connectivity index (χ1v) is 8.60. The number of benzene rings is 2. The maximum absolute atomic E-state index is 13.0. The van der Waals surface area contributed by atoms with Gasteiger partial charge in [0.1, 0.15) is 12.4 Å². The molecule has 0 saturated heterocycles. The average molecular weight is 319 g/mol. The van der Waals surface area contributed by atoms with Crippen LogP contribution in [0.4, 0.5) is 5.69 Å². The molecule has 1 amide bonds. The van der Waals surface area contributed by atoms with E-state index < -0.39 is 0 Å². The number of aryl methyl sites for hydroxylation is 2. The van der Waals surface area contributed by atoms with Crippen LogP contribution in [-0.4, -0.2) is 22.0 Å². The molecule has 2 heterocycles. The highest BCUT2D eigenvalue weighted by Crippen LogP contribution is 2.27. The number of nitrogens with zero attached hydrogens (tertiary/aromatic N) is 3. The molecule has 4 heteroatoms. The predicted octanol–water partition coefficient (Wildman–Crippen LogP) is 3.58. The standard InChI is InChI=1S/C20H21N3O/c1-2-19-21-16-10-4-6-12-18(16)23(19)14-20(24)22-13-7-9-15-8-3-5-11-17(15)22/h3-6,8,10-12H,2,7,9,13-14H2,1H3. The Labute approximate surface area is 141 Å². The van der Waals surface area contributed by atoms with Crippen LogP contribution in [-0.2, 0) is 24.2 Å². The van der Waals surface area contributed by atoms with Crippen molar-refractivity contribution in [2.45, 2.75) is 32.7 Å². The summed E-state index contributed by atoms with van der Waals surface area (Å²) < 4.78 is 2.06. The number of carbonyl (C=O) groups excluding carboxylic acids is 1. The molecule has 1 aliphatic rings. The van der Waals surface area contributed by atoms with Gasteiger partial charge in [-0.05, 0) is 36.6 Å². The van der Waals surface area contributed by atoms with Crippen molar-refractivity contribution < 1.29 is 4.79 Å². The number of aromatic nitrogens is 2. The zero-order valence-corrected chi connectivity index (χ0v) is 13.9. The SMILES string of the molecule is CCc1nc2ccccc2n1CC(=O)N1CCCc2ccccc21. The van der Waals surface area contributed by atoms with Gasteiger partial charge < -0.3 is 9.47 Å². The van der Waals surface area contributed by atoms with Crippen molar-refractivity contribution in [3.8, 4) is 0 Å².